The van der Waals surface area contributed by atoms with E-state index in [-0.39, 0.29) is 6.04 Å². The minimum atomic E-state index is 0.207. The minimum absolute atomic E-state index is 0.207. The van der Waals surface area contributed by atoms with Gasteiger partial charge in [0.2, 0.25) is 0 Å². The summed E-state index contributed by atoms with van der Waals surface area (Å²) in [6, 6.07) is 21.5. The predicted octanol–water partition coefficient (Wildman–Crippen LogP) is 6.14. The number of allylic oxidation sites excluding steroid dienone is 2. The van der Waals surface area contributed by atoms with Gasteiger partial charge in [-0.3, -0.25) is 0 Å². The van der Waals surface area contributed by atoms with Crippen molar-refractivity contribution in [1.29, 1.82) is 0 Å². The molecule has 0 amide bonds. The molecule has 2 nitrogen and oxygen atoms in total. The number of benzene rings is 2. The van der Waals surface area contributed by atoms with Crippen LogP contribution in [-0.4, -0.2) is 24.0 Å². The molecule has 0 aromatic heterocycles. The maximum Gasteiger partial charge on any atom is 0.0692 e. The van der Waals surface area contributed by atoms with Crippen molar-refractivity contribution < 1.29 is 0 Å². The summed E-state index contributed by atoms with van der Waals surface area (Å²) in [5.74, 6) is 0. The number of hydrogen-bond acceptors (Lipinski definition) is 2. The fourth-order valence-electron chi connectivity index (χ4n) is 3.59. The van der Waals surface area contributed by atoms with E-state index in [0.717, 1.165) is 38.0 Å². The Morgan fingerprint density at radius 1 is 0.966 bits per heavy atom. The lowest BCUT2D eigenvalue weighted by molar-refractivity contribution is 0.375. The summed E-state index contributed by atoms with van der Waals surface area (Å²) in [4.78, 5) is 2.44. The lowest BCUT2D eigenvalue weighted by atomic mass is 10.0. The van der Waals surface area contributed by atoms with Crippen LogP contribution in [-0.2, 0) is 12.8 Å². The van der Waals surface area contributed by atoms with E-state index in [4.69, 9.17) is 0 Å². The second-order valence-corrected chi connectivity index (χ2v) is 7.57. The van der Waals surface area contributed by atoms with Crippen LogP contribution in [0.25, 0.3) is 0 Å². The topological polar surface area (TPSA) is 15.3 Å². The van der Waals surface area contributed by atoms with Gasteiger partial charge in [-0.15, -0.1) is 6.58 Å². The third-order valence-electron chi connectivity index (χ3n) is 5.13. The molecule has 1 unspecified atom stereocenters. The largest absolute Gasteiger partial charge is 0.380 e. The van der Waals surface area contributed by atoms with Crippen LogP contribution in [0, 0.1) is 0 Å². The predicted molar refractivity (Wildman–Crippen MR) is 127 cm³/mol. The molecule has 0 spiro atoms. The first-order valence-electron chi connectivity index (χ1n) is 10.7. The van der Waals surface area contributed by atoms with Gasteiger partial charge in [-0.25, -0.2) is 0 Å². The molecular weight excluding hydrogens is 352 g/mol. The summed E-state index contributed by atoms with van der Waals surface area (Å²) < 4.78 is 0. The summed E-state index contributed by atoms with van der Waals surface area (Å²) in [7, 11) is 0. The van der Waals surface area contributed by atoms with Crippen molar-refractivity contribution in [3.63, 3.8) is 0 Å². The standard InChI is InChI=1S/C24H30N2.C3H6/c1-20(15-16-22-11-5-3-6-12-22)25-24(19-23-13-7-4-8-14-23)21(2)26-17-9-10-18-26;1-3-2/h3-8,11-14,24-25H,1-2,9-10,15-19H2;3H,1H2,2H3. The second-order valence-electron chi connectivity index (χ2n) is 7.57. The zero-order valence-electron chi connectivity index (χ0n) is 17.9. The Balaban J connectivity index is 0.000000941. The molecule has 1 aliphatic rings. The third kappa shape index (κ3) is 8.03. The molecule has 2 heteroatoms. The van der Waals surface area contributed by atoms with Crippen molar-refractivity contribution in [2.45, 2.75) is 45.1 Å². The molecule has 1 aliphatic heterocycles. The highest BCUT2D eigenvalue weighted by atomic mass is 15.2. The van der Waals surface area contributed by atoms with E-state index >= 15 is 0 Å². The van der Waals surface area contributed by atoms with Gasteiger partial charge in [0.1, 0.15) is 0 Å². The van der Waals surface area contributed by atoms with Crippen LogP contribution in [0.4, 0.5) is 0 Å². The molecule has 1 heterocycles. The Morgan fingerprint density at radius 3 is 2.03 bits per heavy atom. The summed E-state index contributed by atoms with van der Waals surface area (Å²) in [6.07, 6.45) is 7.20. The normalized spacial score (nSPS) is 13.8. The van der Waals surface area contributed by atoms with Crippen LogP contribution in [0.15, 0.2) is 97.9 Å². The zero-order chi connectivity index (χ0) is 20.9. The molecule has 0 aliphatic carbocycles. The average Bonchev–Trinajstić information content (AvgIpc) is 3.28. The maximum atomic E-state index is 4.43. The van der Waals surface area contributed by atoms with Gasteiger partial charge in [0, 0.05) is 24.5 Å². The monoisotopic (exact) mass is 388 g/mol. The van der Waals surface area contributed by atoms with Gasteiger partial charge in [-0.05, 0) is 50.2 Å². The Labute approximate surface area is 177 Å². The maximum absolute atomic E-state index is 4.43. The summed E-state index contributed by atoms with van der Waals surface area (Å²) in [6.45, 7) is 16.2. The highest BCUT2D eigenvalue weighted by molar-refractivity contribution is 5.22. The second kappa shape index (κ2) is 12.7. The van der Waals surface area contributed by atoms with Gasteiger partial charge in [0.05, 0.1) is 6.04 Å². The van der Waals surface area contributed by atoms with Gasteiger partial charge in [0.15, 0.2) is 0 Å². The van der Waals surface area contributed by atoms with Crippen molar-refractivity contribution in [3.05, 3.63) is 109 Å². The van der Waals surface area contributed by atoms with Crippen molar-refractivity contribution in [2.75, 3.05) is 13.1 Å². The smallest absolute Gasteiger partial charge is 0.0692 e. The number of nitrogens with one attached hydrogen (secondary N) is 1. The first-order valence-corrected chi connectivity index (χ1v) is 10.7. The molecule has 1 atom stereocenters. The molecule has 0 bridgehead atoms. The van der Waals surface area contributed by atoms with E-state index in [0.29, 0.717) is 0 Å². The highest BCUT2D eigenvalue weighted by Gasteiger charge is 2.21. The van der Waals surface area contributed by atoms with Gasteiger partial charge in [0.25, 0.3) is 0 Å². The molecule has 1 fully saturated rings. The fourth-order valence-corrected chi connectivity index (χ4v) is 3.59. The lowest BCUT2D eigenvalue weighted by Gasteiger charge is -2.30. The quantitative estimate of drug-likeness (QED) is 0.519. The number of aryl methyl sites for hydroxylation is 1. The Kier molecular flexibility index (Phi) is 9.85. The summed E-state index contributed by atoms with van der Waals surface area (Å²) >= 11 is 0. The number of nitrogens with zero attached hydrogens (tertiary/aromatic N) is 1. The molecule has 3 rings (SSSR count). The Bertz CT molecular complexity index is 743. The first kappa shape index (κ1) is 22.5. The Morgan fingerprint density at radius 2 is 1.48 bits per heavy atom. The van der Waals surface area contributed by atoms with Gasteiger partial charge in [-0.1, -0.05) is 79.9 Å². The van der Waals surface area contributed by atoms with E-state index in [2.05, 4.69) is 90.6 Å². The van der Waals surface area contributed by atoms with Gasteiger partial charge >= 0.3 is 0 Å². The van der Waals surface area contributed by atoms with E-state index in [1.807, 2.05) is 6.92 Å². The van der Waals surface area contributed by atoms with Crippen LogP contribution >= 0.6 is 0 Å². The molecular formula is C27H36N2. The molecule has 29 heavy (non-hydrogen) atoms. The van der Waals surface area contributed by atoms with E-state index in [9.17, 15) is 0 Å². The van der Waals surface area contributed by atoms with Crippen molar-refractivity contribution in [2.24, 2.45) is 0 Å². The van der Waals surface area contributed by atoms with E-state index < -0.39 is 0 Å². The third-order valence-corrected chi connectivity index (χ3v) is 5.13. The minimum Gasteiger partial charge on any atom is -0.380 e. The molecule has 2 aromatic carbocycles. The molecule has 0 saturated carbocycles. The molecule has 2 aromatic rings. The number of hydrogen-bond donors (Lipinski definition) is 1. The average molecular weight is 389 g/mol. The van der Waals surface area contributed by atoms with E-state index in [1.165, 1.54) is 29.7 Å². The highest BCUT2D eigenvalue weighted by Crippen LogP contribution is 2.20. The summed E-state index contributed by atoms with van der Waals surface area (Å²) in [5.41, 5.74) is 4.98. The van der Waals surface area contributed by atoms with Crippen LogP contribution in [0.5, 0.6) is 0 Å². The number of likely N-dealkylation sites (tertiary alicyclic amines) is 1. The van der Waals surface area contributed by atoms with Crippen molar-refractivity contribution in [1.82, 2.24) is 10.2 Å². The van der Waals surface area contributed by atoms with E-state index in [1.54, 1.807) is 6.08 Å². The molecule has 154 valence electrons. The number of rotatable bonds is 9. The van der Waals surface area contributed by atoms with Crippen LogP contribution in [0.2, 0.25) is 0 Å². The summed E-state index contributed by atoms with van der Waals surface area (Å²) in [5, 5.41) is 3.68. The van der Waals surface area contributed by atoms with Crippen molar-refractivity contribution >= 4 is 0 Å². The molecule has 0 radical (unpaired) electrons. The Hall–Kier alpha value is -2.74. The van der Waals surface area contributed by atoms with Gasteiger partial charge in [-0.2, -0.15) is 0 Å². The van der Waals surface area contributed by atoms with Crippen molar-refractivity contribution in [3.8, 4) is 0 Å². The SMILES string of the molecule is C=C(CCc1ccccc1)NC(Cc1ccccc1)C(=C)N1CCCC1.C=CC. The molecule has 1 saturated heterocycles. The van der Waals surface area contributed by atoms with Crippen LogP contribution < -0.4 is 5.32 Å². The van der Waals surface area contributed by atoms with Crippen LogP contribution in [0.1, 0.15) is 37.3 Å². The fraction of sp³-hybridized carbons (Fsp3) is 0.333. The van der Waals surface area contributed by atoms with Gasteiger partial charge < -0.3 is 10.2 Å². The molecule has 1 N–H and O–H groups in total. The lowest BCUT2D eigenvalue weighted by Crippen LogP contribution is -2.38. The zero-order valence-corrected chi connectivity index (χ0v) is 17.9. The van der Waals surface area contributed by atoms with Crippen LogP contribution in [0.3, 0.4) is 0 Å². The first-order chi connectivity index (χ1) is 14.1.